The van der Waals surface area contributed by atoms with Crippen molar-refractivity contribution in [2.75, 3.05) is 12.4 Å². The standard InChI is InChI=1S/C11H13BrClFO3S/c1-11(2,7-18(13,15)16)6-17-10-4-3-8(12)5-9(10)14/h3-5H,6-7H2,1-2H3. The van der Waals surface area contributed by atoms with Crippen LogP contribution in [-0.4, -0.2) is 20.8 Å². The van der Waals surface area contributed by atoms with Gasteiger partial charge in [-0.15, -0.1) is 0 Å². The molecule has 102 valence electrons. The maximum atomic E-state index is 13.5. The third-order valence-electron chi connectivity index (χ3n) is 2.08. The van der Waals surface area contributed by atoms with E-state index in [-0.39, 0.29) is 18.1 Å². The zero-order valence-electron chi connectivity index (χ0n) is 9.91. The van der Waals surface area contributed by atoms with Gasteiger partial charge in [-0.1, -0.05) is 29.8 Å². The molecule has 0 spiro atoms. The van der Waals surface area contributed by atoms with Gasteiger partial charge in [-0.2, -0.15) is 0 Å². The molecule has 0 atom stereocenters. The van der Waals surface area contributed by atoms with Gasteiger partial charge in [0.05, 0.1) is 12.4 Å². The van der Waals surface area contributed by atoms with Crippen molar-refractivity contribution in [1.82, 2.24) is 0 Å². The molecule has 0 aliphatic heterocycles. The van der Waals surface area contributed by atoms with E-state index in [1.807, 2.05) is 0 Å². The summed E-state index contributed by atoms with van der Waals surface area (Å²) < 4.78 is 41.4. The predicted octanol–water partition coefficient (Wildman–Crippen LogP) is 3.56. The van der Waals surface area contributed by atoms with E-state index in [2.05, 4.69) is 15.9 Å². The van der Waals surface area contributed by atoms with Crippen LogP contribution in [0, 0.1) is 11.2 Å². The summed E-state index contributed by atoms with van der Waals surface area (Å²) in [4.78, 5) is 0. The SMILES string of the molecule is CC(C)(COc1ccc(Br)cc1F)CS(=O)(=O)Cl. The maximum Gasteiger partial charge on any atom is 0.233 e. The number of halogens is 3. The second-order valence-electron chi connectivity index (χ2n) is 4.71. The van der Waals surface area contributed by atoms with Gasteiger partial charge in [-0.25, -0.2) is 12.8 Å². The summed E-state index contributed by atoms with van der Waals surface area (Å²) in [6.07, 6.45) is 0. The molecule has 0 N–H and O–H groups in total. The van der Waals surface area contributed by atoms with Crippen LogP contribution >= 0.6 is 26.6 Å². The quantitative estimate of drug-likeness (QED) is 0.755. The Morgan fingerprint density at radius 3 is 2.56 bits per heavy atom. The molecule has 0 saturated carbocycles. The van der Waals surface area contributed by atoms with Crippen molar-refractivity contribution in [3.05, 3.63) is 28.5 Å². The normalized spacial score (nSPS) is 12.5. The van der Waals surface area contributed by atoms with Crippen LogP contribution < -0.4 is 4.74 Å². The monoisotopic (exact) mass is 358 g/mol. The van der Waals surface area contributed by atoms with E-state index in [1.54, 1.807) is 19.9 Å². The van der Waals surface area contributed by atoms with Crippen molar-refractivity contribution in [2.45, 2.75) is 13.8 Å². The van der Waals surface area contributed by atoms with Gasteiger partial charge in [-0.05, 0) is 18.2 Å². The summed E-state index contributed by atoms with van der Waals surface area (Å²) in [7, 11) is 1.58. The highest BCUT2D eigenvalue weighted by Gasteiger charge is 2.26. The van der Waals surface area contributed by atoms with Gasteiger partial charge in [0.15, 0.2) is 11.6 Å². The molecule has 1 rings (SSSR count). The minimum absolute atomic E-state index is 0.0531. The maximum absolute atomic E-state index is 13.5. The molecule has 0 fully saturated rings. The zero-order valence-corrected chi connectivity index (χ0v) is 13.1. The van der Waals surface area contributed by atoms with E-state index in [0.717, 1.165) is 0 Å². The molecular weight excluding hydrogens is 347 g/mol. The van der Waals surface area contributed by atoms with Gasteiger partial charge < -0.3 is 4.74 Å². The van der Waals surface area contributed by atoms with E-state index in [0.29, 0.717) is 4.47 Å². The summed E-state index contributed by atoms with van der Waals surface area (Å²) in [5.74, 6) is -0.660. The molecule has 18 heavy (non-hydrogen) atoms. The summed E-state index contributed by atoms with van der Waals surface area (Å²) in [6.45, 7) is 3.42. The number of hydrogen-bond acceptors (Lipinski definition) is 3. The van der Waals surface area contributed by atoms with Crippen LogP contribution in [0.3, 0.4) is 0 Å². The van der Waals surface area contributed by atoms with Crippen molar-refractivity contribution < 1.29 is 17.5 Å². The van der Waals surface area contributed by atoms with Crippen LogP contribution in [0.15, 0.2) is 22.7 Å². The molecular formula is C11H13BrClFO3S. The van der Waals surface area contributed by atoms with Gasteiger partial charge in [0.25, 0.3) is 0 Å². The van der Waals surface area contributed by atoms with Crippen molar-refractivity contribution in [3.63, 3.8) is 0 Å². The first-order valence-electron chi connectivity index (χ1n) is 5.09. The average Bonchev–Trinajstić information content (AvgIpc) is 2.12. The van der Waals surface area contributed by atoms with E-state index >= 15 is 0 Å². The Labute approximate surface area is 119 Å². The molecule has 0 amide bonds. The summed E-state index contributed by atoms with van der Waals surface area (Å²) >= 11 is 3.13. The molecule has 0 aromatic heterocycles. The van der Waals surface area contributed by atoms with Gasteiger partial charge in [0.2, 0.25) is 9.05 Å². The van der Waals surface area contributed by atoms with Crippen LogP contribution in [0.2, 0.25) is 0 Å². The fourth-order valence-electron chi connectivity index (χ4n) is 1.37. The molecule has 1 aromatic rings. The molecule has 0 unspecified atom stereocenters. The predicted molar refractivity (Wildman–Crippen MR) is 73.0 cm³/mol. The second-order valence-corrected chi connectivity index (χ2v) is 8.40. The zero-order chi connectivity index (χ0) is 14.0. The molecule has 7 heteroatoms. The number of benzene rings is 1. The summed E-state index contributed by atoms with van der Waals surface area (Å²) in [5, 5.41) is 0. The lowest BCUT2D eigenvalue weighted by molar-refractivity contribution is 0.193. The minimum Gasteiger partial charge on any atom is -0.490 e. The van der Waals surface area contributed by atoms with E-state index in [9.17, 15) is 12.8 Å². The Kier molecular flexibility index (Phi) is 5.03. The van der Waals surface area contributed by atoms with Gasteiger partial charge in [0, 0.05) is 20.6 Å². The Hall–Kier alpha value is -0.330. The van der Waals surface area contributed by atoms with Crippen LogP contribution in [0.1, 0.15) is 13.8 Å². The van der Waals surface area contributed by atoms with Crippen molar-refractivity contribution in [1.29, 1.82) is 0 Å². The molecule has 0 saturated heterocycles. The molecule has 3 nitrogen and oxygen atoms in total. The highest BCUT2D eigenvalue weighted by molar-refractivity contribution is 9.10. The largest absolute Gasteiger partial charge is 0.490 e. The fourth-order valence-corrected chi connectivity index (χ4v) is 3.61. The van der Waals surface area contributed by atoms with Crippen molar-refractivity contribution in [3.8, 4) is 5.75 Å². The minimum atomic E-state index is -3.61. The van der Waals surface area contributed by atoms with Crippen LogP contribution in [0.4, 0.5) is 4.39 Å². The Bertz CT molecular complexity index is 531. The summed E-state index contributed by atoms with van der Waals surface area (Å²) in [5.41, 5.74) is -0.694. The first-order chi connectivity index (χ1) is 8.09. The van der Waals surface area contributed by atoms with E-state index < -0.39 is 20.3 Å². The Morgan fingerprint density at radius 1 is 1.44 bits per heavy atom. The Balaban J connectivity index is 2.70. The molecule has 0 aliphatic rings. The van der Waals surface area contributed by atoms with E-state index in [1.165, 1.54) is 12.1 Å². The highest BCUT2D eigenvalue weighted by Crippen LogP contribution is 2.25. The lowest BCUT2D eigenvalue weighted by Crippen LogP contribution is -2.28. The smallest absolute Gasteiger partial charge is 0.233 e. The van der Waals surface area contributed by atoms with Crippen LogP contribution in [-0.2, 0) is 9.05 Å². The second kappa shape index (κ2) is 5.75. The van der Waals surface area contributed by atoms with Gasteiger partial charge in [0.1, 0.15) is 0 Å². The fraction of sp³-hybridized carbons (Fsp3) is 0.455. The number of ether oxygens (including phenoxy) is 1. The lowest BCUT2D eigenvalue weighted by atomic mass is 9.98. The van der Waals surface area contributed by atoms with E-state index in [4.69, 9.17) is 15.4 Å². The Morgan fingerprint density at radius 2 is 2.06 bits per heavy atom. The highest BCUT2D eigenvalue weighted by atomic mass is 79.9. The topological polar surface area (TPSA) is 43.4 Å². The van der Waals surface area contributed by atoms with Crippen molar-refractivity contribution >= 4 is 35.7 Å². The lowest BCUT2D eigenvalue weighted by Gasteiger charge is -2.23. The molecule has 1 aromatic carbocycles. The average molecular weight is 360 g/mol. The first kappa shape index (κ1) is 15.7. The van der Waals surface area contributed by atoms with Crippen molar-refractivity contribution in [2.24, 2.45) is 5.41 Å². The number of hydrogen-bond donors (Lipinski definition) is 0. The molecule has 0 bridgehead atoms. The van der Waals surface area contributed by atoms with Gasteiger partial charge >= 0.3 is 0 Å². The van der Waals surface area contributed by atoms with Crippen LogP contribution in [0.25, 0.3) is 0 Å². The van der Waals surface area contributed by atoms with Gasteiger partial charge in [-0.3, -0.25) is 0 Å². The molecule has 0 radical (unpaired) electrons. The third-order valence-corrected chi connectivity index (χ3v) is 4.02. The van der Waals surface area contributed by atoms with Crippen LogP contribution in [0.5, 0.6) is 5.75 Å². The number of rotatable bonds is 5. The molecule has 0 aliphatic carbocycles. The summed E-state index contributed by atoms with van der Waals surface area (Å²) in [6, 6.07) is 4.40. The molecule has 0 heterocycles. The first-order valence-corrected chi connectivity index (χ1v) is 8.36. The third kappa shape index (κ3) is 5.54.